The van der Waals surface area contributed by atoms with E-state index >= 15 is 0 Å². The molecule has 1 aromatic carbocycles. The quantitative estimate of drug-likeness (QED) is 0.930. The Morgan fingerprint density at radius 1 is 1.35 bits per heavy atom. The van der Waals surface area contributed by atoms with Gasteiger partial charge in [0.25, 0.3) is 0 Å². The standard InChI is InChI=1S/C15H14ClF2N3O2/c1-23-15-19-6-10(16)14(20-15)21-7-9(22)5-13(21)8-2-3-11(17)12(18)4-8/h2-4,6,9,13,22H,5,7H2,1H3. The minimum absolute atomic E-state index is 0.134. The van der Waals surface area contributed by atoms with Crippen molar-refractivity contribution in [3.63, 3.8) is 0 Å². The molecule has 0 spiro atoms. The molecular formula is C15H14ClF2N3O2. The number of rotatable bonds is 3. The number of aromatic nitrogens is 2. The summed E-state index contributed by atoms with van der Waals surface area (Å²) in [6.45, 7) is 0.267. The van der Waals surface area contributed by atoms with Gasteiger partial charge in [-0.25, -0.2) is 13.8 Å². The molecule has 0 aliphatic carbocycles. The van der Waals surface area contributed by atoms with Crippen molar-refractivity contribution in [1.82, 2.24) is 9.97 Å². The lowest BCUT2D eigenvalue weighted by molar-refractivity contribution is 0.194. The number of β-amino-alcohol motifs (C(OH)–C–C–N with tert-alkyl or cyclic N) is 1. The molecule has 0 saturated carbocycles. The second-order valence-corrected chi connectivity index (χ2v) is 5.67. The normalized spacial score (nSPS) is 20.8. The highest BCUT2D eigenvalue weighted by Crippen LogP contribution is 2.39. The topological polar surface area (TPSA) is 58.5 Å². The zero-order chi connectivity index (χ0) is 16.6. The van der Waals surface area contributed by atoms with Crippen molar-refractivity contribution in [2.45, 2.75) is 18.6 Å². The number of hydrogen-bond donors (Lipinski definition) is 1. The number of nitrogens with zero attached hydrogens (tertiary/aromatic N) is 3. The van der Waals surface area contributed by atoms with E-state index in [1.807, 2.05) is 0 Å². The molecule has 5 nitrogen and oxygen atoms in total. The molecule has 0 bridgehead atoms. The highest BCUT2D eigenvalue weighted by Gasteiger charge is 2.34. The molecule has 23 heavy (non-hydrogen) atoms. The van der Waals surface area contributed by atoms with Crippen molar-refractivity contribution in [2.24, 2.45) is 0 Å². The largest absolute Gasteiger partial charge is 0.467 e. The van der Waals surface area contributed by atoms with Crippen LogP contribution >= 0.6 is 11.6 Å². The first-order valence-corrected chi connectivity index (χ1v) is 7.33. The summed E-state index contributed by atoms with van der Waals surface area (Å²) in [6.07, 6.45) is 1.12. The van der Waals surface area contributed by atoms with Crippen LogP contribution in [0.1, 0.15) is 18.0 Å². The van der Waals surface area contributed by atoms with E-state index in [2.05, 4.69) is 9.97 Å². The molecule has 2 atom stereocenters. The average Bonchev–Trinajstić information content (AvgIpc) is 2.92. The summed E-state index contributed by atoms with van der Waals surface area (Å²) in [5.41, 5.74) is 0.536. The zero-order valence-corrected chi connectivity index (χ0v) is 13.0. The van der Waals surface area contributed by atoms with Crippen LogP contribution in [-0.4, -0.2) is 34.8 Å². The second-order valence-electron chi connectivity index (χ2n) is 5.26. The first-order valence-electron chi connectivity index (χ1n) is 6.95. The molecule has 2 heterocycles. The van der Waals surface area contributed by atoms with Gasteiger partial charge in [0.15, 0.2) is 17.5 Å². The van der Waals surface area contributed by atoms with Crippen molar-refractivity contribution in [1.29, 1.82) is 0 Å². The van der Waals surface area contributed by atoms with Gasteiger partial charge in [0, 0.05) is 6.54 Å². The molecule has 0 amide bonds. The number of hydrogen-bond acceptors (Lipinski definition) is 5. The van der Waals surface area contributed by atoms with Gasteiger partial charge in [-0.2, -0.15) is 4.98 Å². The smallest absolute Gasteiger partial charge is 0.318 e. The molecule has 8 heteroatoms. The summed E-state index contributed by atoms with van der Waals surface area (Å²) in [5.74, 6) is -1.47. The number of benzene rings is 1. The summed E-state index contributed by atoms with van der Waals surface area (Å²) in [5, 5.41) is 10.3. The molecule has 2 unspecified atom stereocenters. The number of aliphatic hydroxyl groups excluding tert-OH is 1. The van der Waals surface area contributed by atoms with Crippen molar-refractivity contribution < 1.29 is 18.6 Å². The predicted octanol–water partition coefficient (Wildman–Crippen LogP) is 2.73. The fourth-order valence-corrected chi connectivity index (χ4v) is 2.93. The van der Waals surface area contributed by atoms with Crippen LogP contribution in [0.15, 0.2) is 24.4 Å². The Hall–Kier alpha value is -1.99. The maximum absolute atomic E-state index is 13.5. The van der Waals surface area contributed by atoms with Gasteiger partial charge in [0.05, 0.1) is 25.5 Å². The molecule has 1 aromatic heterocycles. The van der Waals surface area contributed by atoms with Crippen LogP contribution in [0, 0.1) is 11.6 Å². The van der Waals surface area contributed by atoms with Crippen LogP contribution in [0.25, 0.3) is 0 Å². The van der Waals surface area contributed by atoms with Crippen molar-refractivity contribution in [2.75, 3.05) is 18.6 Å². The number of methoxy groups -OCH3 is 1. The van der Waals surface area contributed by atoms with E-state index in [4.69, 9.17) is 16.3 Å². The van der Waals surface area contributed by atoms with E-state index in [1.54, 1.807) is 4.90 Å². The highest BCUT2D eigenvalue weighted by molar-refractivity contribution is 6.32. The van der Waals surface area contributed by atoms with Gasteiger partial charge in [0.2, 0.25) is 0 Å². The molecule has 2 aromatic rings. The molecule has 1 aliphatic heterocycles. The third-order valence-corrected chi connectivity index (χ3v) is 4.03. The lowest BCUT2D eigenvalue weighted by Gasteiger charge is -2.26. The van der Waals surface area contributed by atoms with Crippen LogP contribution in [0.4, 0.5) is 14.6 Å². The summed E-state index contributed by atoms with van der Waals surface area (Å²) < 4.78 is 31.7. The van der Waals surface area contributed by atoms with Crippen LogP contribution in [0.3, 0.4) is 0 Å². The minimum atomic E-state index is -0.935. The van der Waals surface area contributed by atoms with Crippen molar-refractivity contribution >= 4 is 17.4 Å². The summed E-state index contributed by atoms with van der Waals surface area (Å²) in [7, 11) is 1.43. The Morgan fingerprint density at radius 2 is 2.13 bits per heavy atom. The molecular weight excluding hydrogens is 328 g/mol. The number of halogens is 3. The number of ether oxygens (including phenoxy) is 1. The molecule has 122 valence electrons. The van der Waals surface area contributed by atoms with Crippen LogP contribution < -0.4 is 9.64 Å². The molecule has 1 N–H and O–H groups in total. The van der Waals surface area contributed by atoms with Crippen LogP contribution in [-0.2, 0) is 0 Å². The van der Waals surface area contributed by atoms with Gasteiger partial charge in [0.1, 0.15) is 5.02 Å². The fourth-order valence-electron chi connectivity index (χ4n) is 2.73. The van der Waals surface area contributed by atoms with Gasteiger partial charge >= 0.3 is 6.01 Å². The molecule has 1 aliphatic rings. The minimum Gasteiger partial charge on any atom is -0.467 e. The number of anilines is 1. The Bertz CT molecular complexity index is 732. The van der Waals surface area contributed by atoms with Gasteiger partial charge in [-0.1, -0.05) is 17.7 Å². The second kappa shape index (κ2) is 6.25. The van der Waals surface area contributed by atoms with Gasteiger partial charge in [-0.3, -0.25) is 0 Å². The lowest BCUT2D eigenvalue weighted by atomic mass is 10.0. The average molecular weight is 342 g/mol. The van der Waals surface area contributed by atoms with E-state index in [0.717, 1.165) is 12.1 Å². The third kappa shape index (κ3) is 3.07. The van der Waals surface area contributed by atoms with Gasteiger partial charge in [-0.05, 0) is 24.1 Å². The maximum Gasteiger partial charge on any atom is 0.318 e. The Kier molecular flexibility index (Phi) is 4.32. The van der Waals surface area contributed by atoms with Crippen molar-refractivity contribution in [3.8, 4) is 6.01 Å². The van der Waals surface area contributed by atoms with E-state index in [9.17, 15) is 13.9 Å². The third-order valence-electron chi connectivity index (χ3n) is 3.77. The number of aliphatic hydroxyl groups is 1. The van der Waals surface area contributed by atoms with Gasteiger partial charge in [-0.15, -0.1) is 0 Å². The molecule has 1 saturated heterocycles. The van der Waals surface area contributed by atoms with E-state index in [-0.39, 0.29) is 23.6 Å². The van der Waals surface area contributed by atoms with E-state index in [1.165, 1.54) is 19.4 Å². The van der Waals surface area contributed by atoms with E-state index in [0.29, 0.717) is 17.8 Å². The summed E-state index contributed by atoms with van der Waals surface area (Å²) >= 11 is 6.15. The maximum atomic E-state index is 13.5. The van der Waals surface area contributed by atoms with Crippen LogP contribution in [0.5, 0.6) is 6.01 Å². The fraction of sp³-hybridized carbons (Fsp3) is 0.333. The predicted molar refractivity (Wildman–Crippen MR) is 80.7 cm³/mol. The molecule has 3 rings (SSSR count). The summed E-state index contributed by atoms with van der Waals surface area (Å²) in [6, 6.07) is 3.43. The first kappa shape index (κ1) is 15.9. The Balaban J connectivity index is 2.01. The van der Waals surface area contributed by atoms with Crippen LogP contribution in [0.2, 0.25) is 5.02 Å². The molecule has 1 fully saturated rings. The lowest BCUT2D eigenvalue weighted by Crippen LogP contribution is -2.26. The zero-order valence-electron chi connectivity index (χ0n) is 12.2. The summed E-state index contributed by atoms with van der Waals surface area (Å²) in [4.78, 5) is 9.85. The van der Waals surface area contributed by atoms with Crippen molar-refractivity contribution in [3.05, 3.63) is 46.6 Å². The van der Waals surface area contributed by atoms with Gasteiger partial charge < -0.3 is 14.7 Å². The Labute approximate surface area is 136 Å². The highest BCUT2D eigenvalue weighted by atomic mass is 35.5. The SMILES string of the molecule is COc1ncc(Cl)c(N2CC(O)CC2c2ccc(F)c(F)c2)n1. The van der Waals surface area contributed by atoms with E-state index < -0.39 is 17.7 Å². The first-order chi connectivity index (χ1) is 11.0. The monoisotopic (exact) mass is 341 g/mol. The Morgan fingerprint density at radius 3 is 2.83 bits per heavy atom. The molecule has 0 radical (unpaired) electrons.